The van der Waals surface area contributed by atoms with Crippen molar-refractivity contribution in [3.63, 3.8) is 0 Å². The predicted octanol–water partition coefficient (Wildman–Crippen LogP) is 3.73. The predicted molar refractivity (Wildman–Crippen MR) is 106 cm³/mol. The van der Waals surface area contributed by atoms with Crippen molar-refractivity contribution in [2.75, 3.05) is 11.9 Å². The van der Waals surface area contributed by atoms with Gasteiger partial charge in [0.25, 0.3) is 5.91 Å². The quantitative estimate of drug-likeness (QED) is 0.780. The first-order valence-corrected chi connectivity index (χ1v) is 9.53. The van der Waals surface area contributed by atoms with Gasteiger partial charge in [-0.2, -0.15) is 5.10 Å². The van der Waals surface area contributed by atoms with Gasteiger partial charge in [-0.1, -0.05) is 22.0 Å². The van der Waals surface area contributed by atoms with Crippen molar-refractivity contribution in [1.82, 2.24) is 14.7 Å². The van der Waals surface area contributed by atoms with Gasteiger partial charge in [0.15, 0.2) is 0 Å². The minimum Gasteiger partial charge on any atom is -0.444 e. The number of fused-ring (bicyclic) bond motifs is 1. The molecule has 0 aliphatic carbocycles. The molecule has 0 spiro atoms. The molecule has 1 aromatic heterocycles. The van der Waals surface area contributed by atoms with Gasteiger partial charge in [-0.3, -0.25) is 9.48 Å². The van der Waals surface area contributed by atoms with Crippen LogP contribution < -0.4 is 5.32 Å². The van der Waals surface area contributed by atoms with Crippen molar-refractivity contribution in [3.8, 4) is 0 Å². The first-order valence-electron chi connectivity index (χ1n) is 8.73. The highest BCUT2D eigenvalue weighted by atomic mass is 79.9. The van der Waals surface area contributed by atoms with Crippen LogP contribution in [0.1, 0.15) is 42.4 Å². The van der Waals surface area contributed by atoms with Gasteiger partial charge in [-0.15, -0.1) is 0 Å². The molecule has 2 heterocycles. The lowest BCUT2D eigenvalue weighted by Crippen LogP contribution is -2.40. The summed E-state index contributed by atoms with van der Waals surface area (Å²) in [6, 6.07) is 7.17. The molecule has 1 aliphatic heterocycles. The first-order chi connectivity index (χ1) is 12.6. The number of carbonyl (C=O) groups is 2. The van der Waals surface area contributed by atoms with Crippen molar-refractivity contribution < 1.29 is 14.3 Å². The van der Waals surface area contributed by atoms with E-state index in [0.717, 1.165) is 15.7 Å². The summed E-state index contributed by atoms with van der Waals surface area (Å²) >= 11 is 3.37. The fourth-order valence-corrected chi connectivity index (χ4v) is 3.35. The van der Waals surface area contributed by atoms with E-state index in [1.807, 2.05) is 32.9 Å². The number of anilines is 1. The number of hydrogen-bond acceptors (Lipinski definition) is 4. The lowest BCUT2D eigenvalue weighted by molar-refractivity contribution is 0.0224. The lowest BCUT2D eigenvalue weighted by Gasteiger charge is -2.29. The van der Waals surface area contributed by atoms with Crippen LogP contribution in [0.2, 0.25) is 0 Å². The number of rotatable bonds is 2. The van der Waals surface area contributed by atoms with Crippen LogP contribution in [0.25, 0.3) is 0 Å². The van der Waals surface area contributed by atoms with Gasteiger partial charge in [0.1, 0.15) is 11.4 Å². The summed E-state index contributed by atoms with van der Waals surface area (Å²) in [7, 11) is 1.78. The largest absolute Gasteiger partial charge is 0.444 e. The van der Waals surface area contributed by atoms with E-state index in [1.54, 1.807) is 28.8 Å². The summed E-state index contributed by atoms with van der Waals surface area (Å²) in [6.45, 7) is 6.42. The molecule has 0 unspecified atom stereocenters. The molecule has 0 saturated heterocycles. The highest BCUT2D eigenvalue weighted by Gasteiger charge is 2.30. The fourth-order valence-electron chi connectivity index (χ4n) is 2.95. The van der Waals surface area contributed by atoms with Gasteiger partial charge >= 0.3 is 6.09 Å². The molecule has 0 fully saturated rings. The molecule has 0 bridgehead atoms. The van der Waals surface area contributed by atoms with Crippen molar-refractivity contribution in [1.29, 1.82) is 0 Å². The molecule has 1 aliphatic rings. The molecule has 1 N–H and O–H groups in total. The highest BCUT2D eigenvalue weighted by Crippen LogP contribution is 2.27. The van der Waals surface area contributed by atoms with Crippen molar-refractivity contribution in [3.05, 3.63) is 45.6 Å². The molecule has 2 aromatic rings. The third-order valence-corrected chi connectivity index (χ3v) is 4.66. The second-order valence-electron chi connectivity index (χ2n) is 7.51. The number of hydrogen-bond donors (Lipinski definition) is 1. The van der Waals surface area contributed by atoms with Gasteiger partial charge in [0.2, 0.25) is 0 Å². The number of halogens is 1. The van der Waals surface area contributed by atoms with Crippen LogP contribution in [-0.4, -0.2) is 38.8 Å². The second-order valence-corrected chi connectivity index (χ2v) is 8.43. The molecule has 2 amide bonds. The maximum absolute atomic E-state index is 12.6. The van der Waals surface area contributed by atoms with Crippen molar-refractivity contribution in [2.45, 2.75) is 39.3 Å². The highest BCUT2D eigenvalue weighted by molar-refractivity contribution is 9.10. The third kappa shape index (κ3) is 4.50. The number of nitrogens with zero attached hydrogens (tertiary/aromatic N) is 3. The van der Waals surface area contributed by atoms with Crippen LogP contribution in [0.5, 0.6) is 0 Å². The minimum atomic E-state index is -0.552. The monoisotopic (exact) mass is 434 g/mol. The Morgan fingerprint density at radius 1 is 1.30 bits per heavy atom. The molecule has 0 atom stereocenters. The Balaban J connectivity index is 1.81. The van der Waals surface area contributed by atoms with Crippen LogP contribution in [0.15, 0.2) is 28.7 Å². The molecule has 27 heavy (non-hydrogen) atoms. The van der Waals surface area contributed by atoms with E-state index in [1.165, 1.54) is 0 Å². The second kappa shape index (κ2) is 7.34. The molecule has 0 radical (unpaired) electrons. The van der Waals surface area contributed by atoms with Crippen LogP contribution in [0.3, 0.4) is 0 Å². The average molecular weight is 435 g/mol. The van der Waals surface area contributed by atoms with Crippen LogP contribution in [0.4, 0.5) is 10.6 Å². The standard InChI is InChI=1S/C19H23BrN4O3/c1-19(2,3)27-18(26)24-9-8-15-14(11-24)16(23(4)22-15)21-17(25)12-6-5-7-13(20)10-12/h5-7,10H,8-9,11H2,1-4H3,(H,21,25). The molecule has 8 heteroatoms. The SMILES string of the molecule is Cn1nc2c(c1NC(=O)c1cccc(Br)c1)CN(C(=O)OC(C)(C)C)CC2. The molecular formula is C19H23BrN4O3. The van der Waals surface area contributed by atoms with E-state index in [-0.39, 0.29) is 12.0 Å². The first kappa shape index (κ1) is 19.4. The zero-order valence-corrected chi connectivity index (χ0v) is 17.5. The maximum atomic E-state index is 12.6. The number of aryl methyl sites for hydroxylation is 1. The number of carbonyl (C=O) groups excluding carboxylic acids is 2. The molecular weight excluding hydrogens is 412 g/mol. The minimum absolute atomic E-state index is 0.225. The van der Waals surface area contributed by atoms with Crippen LogP contribution in [0, 0.1) is 0 Å². The van der Waals surface area contributed by atoms with E-state index in [9.17, 15) is 9.59 Å². The van der Waals surface area contributed by atoms with Gasteiger partial charge < -0.3 is 15.0 Å². The number of aromatic nitrogens is 2. The van der Waals surface area contributed by atoms with E-state index in [2.05, 4.69) is 26.3 Å². The number of amides is 2. The van der Waals surface area contributed by atoms with E-state index < -0.39 is 5.60 Å². The molecule has 144 valence electrons. The topological polar surface area (TPSA) is 76.5 Å². The third-order valence-electron chi connectivity index (χ3n) is 4.17. The summed E-state index contributed by atoms with van der Waals surface area (Å²) in [5.41, 5.74) is 1.73. The van der Waals surface area contributed by atoms with Crippen molar-refractivity contribution >= 4 is 33.7 Å². The summed E-state index contributed by atoms with van der Waals surface area (Å²) in [5.74, 6) is 0.375. The van der Waals surface area contributed by atoms with Crippen LogP contribution >= 0.6 is 15.9 Å². The van der Waals surface area contributed by atoms with Crippen molar-refractivity contribution in [2.24, 2.45) is 7.05 Å². The summed E-state index contributed by atoms with van der Waals surface area (Å²) in [5, 5.41) is 7.43. The molecule has 0 saturated carbocycles. The number of nitrogens with one attached hydrogen (secondary N) is 1. The van der Waals surface area contributed by atoms with E-state index in [4.69, 9.17) is 4.74 Å². The summed E-state index contributed by atoms with van der Waals surface area (Å²) in [6.07, 6.45) is 0.260. The zero-order chi connectivity index (χ0) is 19.8. The Bertz CT molecular complexity index is 886. The van der Waals surface area contributed by atoms with Gasteiger partial charge in [-0.05, 0) is 39.0 Å². The normalized spacial score (nSPS) is 13.9. The summed E-state index contributed by atoms with van der Waals surface area (Å²) in [4.78, 5) is 26.7. The average Bonchev–Trinajstić information content (AvgIpc) is 2.88. The Kier molecular flexibility index (Phi) is 5.28. The Morgan fingerprint density at radius 3 is 2.70 bits per heavy atom. The Hall–Kier alpha value is -2.35. The number of ether oxygens (including phenoxy) is 1. The molecule has 3 rings (SSSR count). The molecule has 1 aromatic carbocycles. The lowest BCUT2D eigenvalue weighted by atomic mass is 10.1. The van der Waals surface area contributed by atoms with Gasteiger partial charge in [0.05, 0.1) is 12.2 Å². The smallest absolute Gasteiger partial charge is 0.410 e. The Morgan fingerprint density at radius 2 is 2.04 bits per heavy atom. The molecule has 7 nitrogen and oxygen atoms in total. The zero-order valence-electron chi connectivity index (χ0n) is 15.9. The number of benzene rings is 1. The van der Waals surface area contributed by atoms with Gasteiger partial charge in [-0.25, -0.2) is 4.79 Å². The fraction of sp³-hybridized carbons (Fsp3) is 0.421. The summed E-state index contributed by atoms with van der Waals surface area (Å²) < 4.78 is 7.95. The van der Waals surface area contributed by atoms with Crippen LogP contribution in [-0.2, 0) is 24.8 Å². The van der Waals surface area contributed by atoms with E-state index in [0.29, 0.717) is 30.9 Å². The van der Waals surface area contributed by atoms with Gasteiger partial charge in [0, 0.05) is 35.6 Å². The van der Waals surface area contributed by atoms with E-state index >= 15 is 0 Å². The Labute approximate surface area is 166 Å². The maximum Gasteiger partial charge on any atom is 0.410 e.